The van der Waals surface area contributed by atoms with E-state index in [-0.39, 0.29) is 11.9 Å². The molecule has 0 saturated heterocycles. The molecule has 0 saturated carbocycles. The molecule has 3 rings (SSSR count). The number of ether oxygens (including phenoxy) is 2. The molecule has 19 heavy (non-hydrogen) atoms. The lowest BCUT2D eigenvalue weighted by Crippen LogP contribution is -1.95. The third-order valence-electron chi connectivity index (χ3n) is 2.82. The third-order valence-corrected chi connectivity index (χ3v) is 3.80. The SMILES string of the molecule is O=C(SCc1ccccc1)c1ccc2c(c1)OCO2. The quantitative estimate of drug-likeness (QED) is 0.857. The van der Waals surface area contributed by atoms with Crippen LogP contribution in [-0.2, 0) is 5.75 Å². The van der Waals surface area contributed by atoms with Gasteiger partial charge in [0.05, 0.1) is 0 Å². The number of fused-ring (bicyclic) bond motifs is 1. The standard InChI is InChI=1S/C15H12O3S/c16-15(19-9-11-4-2-1-3-5-11)12-6-7-13-14(8-12)18-10-17-13/h1-8H,9-10H2. The molecule has 2 aromatic carbocycles. The summed E-state index contributed by atoms with van der Waals surface area (Å²) in [4.78, 5) is 12.1. The van der Waals surface area contributed by atoms with Gasteiger partial charge < -0.3 is 9.47 Å². The fraction of sp³-hybridized carbons (Fsp3) is 0.133. The van der Waals surface area contributed by atoms with E-state index in [0.717, 1.165) is 5.56 Å². The van der Waals surface area contributed by atoms with E-state index >= 15 is 0 Å². The van der Waals surface area contributed by atoms with Crippen molar-refractivity contribution in [3.63, 3.8) is 0 Å². The van der Waals surface area contributed by atoms with Crippen molar-refractivity contribution in [2.75, 3.05) is 6.79 Å². The van der Waals surface area contributed by atoms with Crippen molar-refractivity contribution in [3.8, 4) is 11.5 Å². The fourth-order valence-corrected chi connectivity index (χ4v) is 2.61. The molecule has 0 spiro atoms. The molecule has 0 unspecified atom stereocenters. The predicted molar refractivity (Wildman–Crippen MR) is 74.6 cm³/mol. The van der Waals surface area contributed by atoms with Gasteiger partial charge in [-0.15, -0.1) is 0 Å². The van der Waals surface area contributed by atoms with E-state index < -0.39 is 0 Å². The highest BCUT2D eigenvalue weighted by atomic mass is 32.2. The van der Waals surface area contributed by atoms with Crippen LogP contribution in [0.4, 0.5) is 0 Å². The highest BCUT2D eigenvalue weighted by Gasteiger charge is 2.16. The Morgan fingerprint density at radius 2 is 1.84 bits per heavy atom. The van der Waals surface area contributed by atoms with Gasteiger partial charge in [-0.1, -0.05) is 42.1 Å². The maximum atomic E-state index is 12.1. The molecular weight excluding hydrogens is 260 g/mol. The van der Waals surface area contributed by atoms with Crippen molar-refractivity contribution < 1.29 is 14.3 Å². The fourth-order valence-electron chi connectivity index (χ4n) is 1.83. The predicted octanol–water partition coefficient (Wildman–Crippen LogP) is 3.49. The third kappa shape index (κ3) is 2.74. The largest absolute Gasteiger partial charge is 0.454 e. The molecule has 0 aromatic heterocycles. The smallest absolute Gasteiger partial charge is 0.231 e. The average Bonchev–Trinajstić information content (AvgIpc) is 2.93. The number of benzene rings is 2. The Morgan fingerprint density at radius 3 is 2.68 bits per heavy atom. The highest BCUT2D eigenvalue weighted by molar-refractivity contribution is 8.13. The van der Waals surface area contributed by atoms with Crippen LogP contribution >= 0.6 is 11.8 Å². The number of carbonyl (C=O) groups is 1. The molecule has 1 heterocycles. The number of thioether (sulfide) groups is 1. The van der Waals surface area contributed by atoms with E-state index in [9.17, 15) is 4.79 Å². The number of carbonyl (C=O) groups excluding carboxylic acids is 1. The summed E-state index contributed by atoms with van der Waals surface area (Å²) in [6.07, 6.45) is 0. The second kappa shape index (κ2) is 5.36. The Hall–Kier alpha value is -1.94. The second-order valence-electron chi connectivity index (χ2n) is 4.13. The molecule has 4 heteroatoms. The van der Waals surface area contributed by atoms with Crippen molar-refractivity contribution in [1.82, 2.24) is 0 Å². The summed E-state index contributed by atoms with van der Waals surface area (Å²) in [5.74, 6) is 2.02. The van der Waals surface area contributed by atoms with E-state index in [4.69, 9.17) is 9.47 Å². The van der Waals surface area contributed by atoms with Crippen LogP contribution < -0.4 is 9.47 Å². The molecule has 96 valence electrons. The maximum Gasteiger partial charge on any atom is 0.231 e. The minimum atomic E-state index is 0.0437. The van der Waals surface area contributed by atoms with E-state index in [1.807, 2.05) is 30.3 Å². The van der Waals surface area contributed by atoms with E-state index in [2.05, 4.69) is 0 Å². The normalized spacial score (nSPS) is 12.4. The molecule has 0 radical (unpaired) electrons. The molecule has 1 aliphatic rings. The summed E-state index contributed by atoms with van der Waals surface area (Å²) in [5, 5.41) is 0.0437. The summed E-state index contributed by atoms with van der Waals surface area (Å²) in [6, 6.07) is 15.2. The first kappa shape index (κ1) is 12.1. The van der Waals surface area contributed by atoms with Gasteiger partial charge in [0.25, 0.3) is 0 Å². The molecule has 0 atom stereocenters. The van der Waals surface area contributed by atoms with Gasteiger partial charge in [-0.2, -0.15) is 0 Å². The van der Waals surface area contributed by atoms with Crippen LogP contribution in [0.5, 0.6) is 11.5 Å². The minimum Gasteiger partial charge on any atom is -0.454 e. The Kier molecular flexibility index (Phi) is 3.42. The number of rotatable bonds is 3. The summed E-state index contributed by atoms with van der Waals surface area (Å²) < 4.78 is 10.5. The molecular formula is C15H12O3S. The first-order chi connectivity index (χ1) is 9.33. The van der Waals surface area contributed by atoms with Crippen molar-refractivity contribution in [3.05, 3.63) is 59.7 Å². The van der Waals surface area contributed by atoms with Crippen LogP contribution in [0.2, 0.25) is 0 Å². The molecule has 3 nitrogen and oxygen atoms in total. The Bertz CT molecular complexity index is 596. The highest BCUT2D eigenvalue weighted by Crippen LogP contribution is 2.33. The zero-order valence-corrected chi connectivity index (χ0v) is 11.0. The topological polar surface area (TPSA) is 35.5 Å². The van der Waals surface area contributed by atoms with Crippen molar-refractivity contribution >= 4 is 16.9 Å². The molecule has 0 N–H and O–H groups in total. The van der Waals surface area contributed by atoms with E-state index in [1.54, 1.807) is 18.2 Å². The first-order valence-electron chi connectivity index (χ1n) is 5.93. The van der Waals surface area contributed by atoms with Gasteiger partial charge in [-0.05, 0) is 23.8 Å². The average molecular weight is 272 g/mol. The van der Waals surface area contributed by atoms with Crippen molar-refractivity contribution in [1.29, 1.82) is 0 Å². The van der Waals surface area contributed by atoms with Gasteiger partial charge in [0.2, 0.25) is 11.9 Å². The van der Waals surface area contributed by atoms with Crippen LogP contribution in [-0.4, -0.2) is 11.9 Å². The summed E-state index contributed by atoms with van der Waals surface area (Å²) in [5.41, 5.74) is 1.78. The van der Waals surface area contributed by atoms with Crippen LogP contribution in [0.25, 0.3) is 0 Å². The molecule has 2 aromatic rings. The van der Waals surface area contributed by atoms with Crippen LogP contribution in [0.15, 0.2) is 48.5 Å². The van der Waals surface area contributed by atoms with Crippen LogP contribution in [0, 0.1) is 0 Å². The van der Waals surface area contributed by atoms with E-state index in [0.29, 0.717) is 22.8 Å². The van der Waals surface area contributed by atoms with Gasteiger partial charge in [0.15, 0.2) is 11.5 Å². The molecule has 0 bridgehead atoms. The van der Waals surface area contributed by atoms with Gasteiger partial charge in [0.1, 0.15) is 0 Å². The Balaban J connectivity index is 1.67. The molecule has 0 amide bonds. The lowest BCUT2D eigenvalue weighted by Gasteiger charge is -2.02. The van der Waals surface area contributed by atoms with Gasteiger partial charge in [-0.25, -0.2) is 0 Å². The van der Waals surface area contributed by atoms with Crippen molar-refractivity contribution in [2.45, 2.75) is 5.75 Å². The van der Waals surface area contributed by atoms with Crippen LogP contribution in [0.1, 0.15) is 15.9 Å². The first-order valence-corrected chi connectivity index (χ1v) is 6.92. The number of hydrogen-bond acceptors (Lipinski definition) is 4. The Labute approximate surface area is 115 Å². The summed E-state index contributed by atoms with van der Waals surface area (Å²) >= 11 is 1.29. The lowest BCUT2D eigenvalue weighted by molar-refractivity contribution is 0.108. The molecule has 0 aliphatic carbocycles. The van der Waals surface area contributed by atoms with Crippen LogP contribution in [0.3, 0.4) is 0 Å². The Morgan fingerprint density at radius 1 is 1.05 bits per heavy atom. The molecule has 0 fully saturated rings. The van der Waals surface area contributed by atoms with E-state index in [1.165, 1.54) is 11.8 Å². The summed E-state index contributed by atoms with van der Waals surface area (Å²) in [7, 11) is 0. The zero-order chi connectivity index (χ0) is 13.1. The monoisotopic (exact) mass is 272 g/mol. The lowest BCUT2D eigenvalue weighted by atomic mass is 10.2. The minimum absolute atomic E-state index is 0.0437. The maximum absolute atomic E-state index is 12.1. The van der Waals surface area contributed by atoms with Gasteiger partial charge in [-0.3, -0.25) is 4.79 Å². The zero-order valence-electron chi connectivity index (χ0n) is 10.2. The van der Waals surface area contributed by atoms with Gasteiger partial charge >= 0.3 is 0 Å². The summed E-state index contributed by atoms with van der Waals surface area (Å²) in [6.45, 7) is 0.226. The number of hydrogen-bond donors (Lipinski definition) is 0. The molecule has 1 aliphatic heterocycles. The second-order valence-corrected chi connectivity index (χ2v) is 5.08. The van der Waals surface area contributed by atoms with Gasteiger partial charge in [0, 0.05) is 11.3 Å². The van der Waals surface area contributed by atoms with Crippen molar-refractivity contribution in [2.24, 2.45) is 0 Å².